The molecule has 2 aromatic rings. The van der Waals surface area contributed by atoms with Gasteiger partial charge in [-0.1, -0.05) is 60.7 Å². The molecule has 2 aliphatic rings. The van der Waals surface area contributed by atoms with Crippen LogP contribution in [0.5, 0.6) is 0 Å². The molecule has 112 valence electrons. The van der Waals surface area contributed by atoms with Crippen LogP contribution in [-0.4, -0.2) is 16.7 Å². The molecule has 3 heteroatoms. The minimum Gasteiger partial charge on any atom is -0.291 e. The number of fused-ring (bicyclic) bond motifs is 1. The van der Waals surface area contributed by atoms with Crippen molar-refractivity contribution in [1.29, 1.82) is 0 Å². The second-order valence-corrected chi connectivity index (χ2v) is 6.79. The molecule has 1 heterocycles. The molecule has 2 fully saturated rings. The van der Waals surface area contributed by atoms with Gasteiger partial charge >= 0.3 is 0 Å². The Hall–Kier alpha value is -1.64. The molecule has 0 radical (unpaired) electrons. The first-order valence-electron chi connectivity index (χ1n) is 7.74. The summed E-state index contributed by atoms with van der Waals surface area (Å²) in [5.41, 5.74) is 2.12. The van der Waals surface area contributed by atoms with Crippen molar-refractivity contribution in [3.05, 3.63) is 71.8 Å². The van der Waals surface area contributed by atoms with Crippen molar-refractivity contribution >= 4 is 16.8 Å². The fourth-order valence-electron chi connectivity index (χ4n) is 4.09. The van der Waals surface area contributed by atoms with Gasteiger partial charge in [0.05, 0.1) is 5.41 Å². The molecule has 0 aromatic heterocycles. The first-order valence-corrected chi connectivity index (χ1v) is 8.12. The van der Waals surface area contributed by atoms with Gasteiger partial charge in [-0.3, -0.25) is 9.69 Å². The zero-order valence-corrected chi connectivity index (χ0v) is 13.0. The number of benzene rings is 2. The van der Waals surface area contributed by atoms with Gasteiger partial charge in [0.15, 0.2) is 0 Å². The van der Waals surface area contributed by atoms with Gasteiger partial charge in [0.25, 0.3) is 0 Å². The van der Waals surface area contributed by atoms with Crippen LogP contribution in [-0.2, 0) is 11.3 Å². The van der Waals surface area contributed by atoms with E-state index in [1.807, 2.05) is 24.3 Å². The normalized spacial score (nSPS) is 30.0. The van der Waals surface area contributed by atoms with Crippen molar-refractivity contribution in [2.45, 2.75) is 19.0 Å². The molecule has 2 aromatic carbocycles. The minimum absolute atomic E-state index is 0.101. The molecule has 1 aliphatic heterocycles. The lowest BCUT2D eigenvalue weighted by atomic mass is 9.90. The van der Waals surface area contributed by atoms with Crippen molar-refractivity contribution in [3.8, 4) is 0 Å². The average molecular weight is 312 g/mol. The Morgan fingerprint density at radius 2 is 1.73 bits per heavy atom. The van der Waals surface area contributed by atoms with E-state index < -0.39 is 0 Å². The predicted octanol–water partition coefficient (Wildman–Crippen LogP) is 4.02. The number of piperidine rings is 1. The van der Waals surface area contributed by atoms with E-state index in [9.17, 15) is 4.79 Å². The van der Waals surface area contributed by atoms with Gasteiger partial charge in [-0.2, -0.15) is 0 Å². The van der Waals surface area contributed by atoms with Crippen molar-refractivity contribution in [2.75, 3.05) is 6.54 Å². The quantitative estimate of drug-likeness (QED) is 0.795. The van der Waals surface area contributed by atoms with E-state index in [1.165, 1.54) is 11.1 Å². The highest BCUT2D eigenvalue weighted by Crippen LogP contribution is 2.68. The molecule has 2 nitrogen and oxygen atoms in total. The maximum atomic E-state index is 12.1. The molecule has 4 rings (SSSR count). The van der Waals surface area contributed by atoms with Crippen molar-refractivity contribution in [2.24, 2.45) is 11.3 Å². The van der Waals surface area contributed by atoms with Crippen molar-refractivity contribution < 1.29 is 4.79 Å². The number of halogens is 1. The van der Waals surface area contributed by atoms with Gasteiger partial charge in [0.2, 0.25) is 5.24 Å². The first-order chi connectivity index (χ1) is 10.7. The van der Waals surface area contributed by atoms with Gasteiger partial charge in [-0.05, 0) is 35.1 Å². The number of rotatable bonds is 4. The third kappa shape index (κ3) is 2.10. The Bertz CT molecular complexity index is 687. The van der Waals surface area contributed by atoms with E-state index in [1.54, 1.807) is 0 Å². The molecule has 22 heavy (non-hydrogen) atoms. The molecule has 3 atom stereocenters. The topological polar surface area (TPSA) is 20.3 Å². The van der Waals surface area contributed by atoms with E-state index in [0.717, 1.165) is 19.5 Å². The summed E-state index contributed by atoms with van der Waals surface area (Å²) in [7, 11) is 0. The number of hydrogen-bond donors (Lipinski definition) is 0. The van der Waals surface area contributed by atoms with Crippen molar-refractivity contribution in [1.82, 2.24) is 4.90 Å². The van der Waals surface area contributed by atoms with Crippen LogP contribution < -0.4 is 0 Å². The predicted molar refractivity (Wildman–Crippen MR) is 87.4 cm³/mol. The highest BCUT2D eigenvalue weighted by Gasteiger charge is 2.69. The number of hydrogen-bond acceptors (Lipinski definition) is 2. The van der Waals surface area contributed by atoms with Crippen LogP contribution >= 0.6 is 11.6 Å². The molecule has 1 aliphatic carbocycles. The zero-order chi connectivity index (χ0) is 15.2. The summed E-state index contributed by atoms with van der Waals surface area (Å²) in [5, 5.41) is -0.165. The van der Waals surface area contributed by atoms with Gasteiger partial charge in [-0.25, -0.2) is 0 Å². The zero-order valence-electron chi connectivity index (χ0n) is 12.3. The van der Waals surface area contributed by atoms with Gasteiger partial charge in [-0.15, -0.1) is 0 Å². The Morgan fingerprint density at radius 1 is 1.09 bits per heavy atom. The van der Waals surface area contributed by atoms with E-state index in [4.69, 9.17) is 11.6 Å². The summed E-state index contributed by atoms with van der Waals surface area (Å²) >= 11 is 6.01. The van der Waals surface area contributed by atoms with E-state index in [0.29, 0.717) is 5.92 Å². The van der Waals surface area contributed by atoms with Crippen LogP contribution in [0.3, 0.4) is 0 Å². The molecule has 1 unspecified atom stereocenters. The fourth-order valence-corrected chi connectivity index (χ4v) is 4.43. The third-order valence-electron chi connectivity index (χ3n) is 5.17. The van der Waals surface area contributed by atoms with Crippen LogP contribution in [0.1, 0.15) is 23.6 Å². The van der Waals surface area contributed by atoms with Gasteiger partial charge < -0.3 is 0 Å². The lowest BCUT2D eigenvalue weighted by Gasteiger charge is -2.31. The lowest BCUT2D eigenvalue weighted by Crippen LogP contribution is -2.31. The Morgan fingerprint density at radius 3 is 2.36 bits per heavy atom. The second kappa shape index (κ2) is 5.22. The maximum Gasteiger partial charge on any atom is 0.230 e. The Kier molecular flexibility index (Phi) is 3.32. The lowest BCUT2D eigenvalue weighted by molar-refractivity contribution is -0.118. The summed E-state index contributed by atoms with van der Waals surface area (Å²) in [4.78, 5) is 14.5. The number of likely N-dealkylation sites (tertiary alicyclic amines) is 1. The van der Waals surface area contributed by atoms with Crippen molar-refractivity contribution in [3.63, 3.8) is 0 Å². The summed E-state index contributed by atoms with van der Waals surface area (Å²) in [6.45, 7) is 1.82. The monoisotopic (exact) mass is 311 g/mol. The second-order valence-electron chi connectivity index (χ2n) is 6.44. The molecule has 0 spiro atoms. The SMILES string of the molecule is O=C(Cl)[C@]12CC1CN(Cc1ccccc1)[C@@H]2c1ccccc1. The maximum absolute atomic E-state index is 12.1. The fraction of sp³-hybridized carbons (Fsp3) is 0.316. The molecular weight excluding hydrogens is 294 g/mol. The van der Waals surface area contributed by atoms with Crippen LogP contribution in [0, 0.1) is 11.3 Å². The summed E-state index contributed by atoms with van der Waals surface area (Å²) in [6, 6.07) is 20.9. The number of carbonyl (C=O) groups excluding carboxylic acids is 1. The van der Waals surface area contributed by atoms with Crippen LogP contribution in [0.4, 0.5) is 0 Å². The minimum atomic E-state index is -0.363. The molecule has 1 saturated carbocycles. The van der Waals surface area contributed by atoms with Gasteiger partial charge in [0.1, 0.15) is 0 Å². The van der Waals surface area contributed by atoms with E-state index in [-0.39, 0.29) is 16.7 Å². The molecular formula is C19H18ClNO. The highest BCUT2D eigenvalue weighted by atomic mass is 35.5. The van der Waals surface area contributed by atoms with Crippen LogP contribution in [0.2, 0.25) is 0 Å². The summed E-state index contributed by atoms with van der Waals surface area (Å²) in [5.74, 6) is 0.409. The number of nitrogens with zero attached hydrogens (tertiary/aromatic N) is 1. The first kappa shape index (κ1) is 14.0. The van der Waals surface area contributed by atoms with Gasteiger partial charge in [0, 0.05) is 19.1 Å². The standard InChI is InChI=1S/C19H18ClNO/c20-18(22)19-11-16(19)13-21(12-14-7-3-1-4-8-14)17(19)15-9-5-2-6-10-15/h1-10,16-17H,11-13H2/t16?,17-,19-/m1/s1. The number of carbonyl (C=O) groups is 1. The van der Waals surface area contributed by atoms with E-state index in [2.05, 4.69) is 41.3 Å². The highest BCUT2D eigenvalue weighted by molar-refractivity contribution is 6.65. The summed E-state index contributed by atoms with van der Waals surface area (Å²) in [6.07, 6.45) is 0.931. The summed E-state index contributed by atoms with van der Waals surface area (Å²) < 4.78 is 0. The molecule has 0 bridgehead atoms. The molecule has 1 saturated heterocycles. The van der Waals surface area contributed by atoms with E-state index >= 15 is 0 Å². The molecule has 0 amide bonds. The average Bonchev–Trinajstić information content (AvgIpc) is 3.16. The largest absolute Gasteiger partial charge is 0.291 e. The smallest absolute Gasteiger partial charge is 0.230 e. The van der Waals surface area contributed by atoms with Crippen LogP contribution in [0.15, 0.2) is 60.7 Å². The third-order valence-corrected chi connectivity index (χ3v) is 5.52. The Labute approximate surface area is 135 Å². The van der Waals surface area contributed by atoms with Crippen LogP contribution in [0.25, 0.3) is 0 Å². The Balaban J connectivity index is 1.69. The molecule has 0 N–H and O–H groups in total.